The molecule has 124 valence electrons. The molecule has 0 saturated heterocycles. The van der Waals surface area contributed by atoms with E-state index < -0.39 is 17.7 Å². The molecular weight excluding hydrogens is 316 g/mol. The number of Topliss-reactive ketones (excluding diaryl/α,β-unsaturated/α-hetero) is 1. The molecule has 1 heterocycles. The number of rotatable bonds is 6. The highest BCUT2D eigenvalue weighted by atomic mass is 35.5. The highest BCUT2D eigenvalue weighted by molar-refractivity contribution is 6.30. The summed E-state index contributed by atoms with van der Waals surface area (Å²) in [6.07, 6.45) is 0.234. The third kappa shape index (κ3) is 3.57. The van der Waals surface area contributed by atoms with Crippen molar-refractivity contribution in [2.24, 2.45) is 0 Å². The van der Waals surface area contributed by atoms with Crippen molar-refractivity contribution >= 4 is 23.3 Å². The highest BCUT2D eigenvalue weighted by Gasteiger charge is 2.42. The molecule has 1 atom stereocenters. The van der Waals surface area contributed by atoms with E-state index in [1.54, 1.807) is 36.1 Å². The lowest BCUT2D eigenvalue weighted by atomic mass is 9.95. The molecule has 1 N–H and O–H groups in total. The van der Waals surface area contributed by atoms with Crippen LogP contribution >= 0.6 is 11.6 Å². The Hall–Kier alpha value is -1.85. The molecule has 0 aliphatic carbocycles. The topological polar surface area (TPSA) is 60.9 Å². The highest BCUT2D eigenvalue weighted by Crippen LogP contribution is 2.38. The molecule has 1 amide bonds. The van der Waals surface area contributed by atoms with E-state index in [0.29, 0.717) is 18.1 Å². The van der Waals surface area contributed by atoms with Crippen molar-refractivity contribution in [3.8, 4) is 0 Å². The van der Waals surface area contributed by atoms with Gasteiger partial charge in [-0.15, -0.1) is 0 Å². The molecule has 0 fully saturated rings. The van der Waals surface area contributed by atoms with Crippen LogP contribution < -0.4 is 0 Å². The van der Waals surface area contributed by atoms with Gasteiger partial charge in [0.15, 0.2) is 11.5 Å². The average Bonchev–Trinajstić information content (AvgIpc) is 2.77. The van der Waals surface area contributed by atoms with Crippen LogP contribution in [0.25, 0.3) is 0 Å². The lowest BCUT2D eigenvalue weighted by Crippen LogP contribution is -2.36. The minimum atomic E-state index is -0.563. The summed E-state index contributed by atoms with van der Waals surface area (Å²) in [4.78, 5) is 28.2. The lowest BCUT2D eigenvalue weighted by molar-refractivity contribution is -0.129. The third-order valence-corrected chi connectivity index (χ3v) is 4.15. The normalized spacial score (nSPS) is 18.2. The minimum Gasteiger partial charge on any atom is -0.503 e. The molecule has 0 saturated carbocycles. The van der Waals surface area contributed by atoms with E-state index in [-0.39, 0.29) is 17.8 Å². The number of amides is 1. The Morgan fingerprint density at radius 1 is 1.30 bits per heavy atom. The first-order chi connectivity index (χ1) is 10.9. The minimum absolute atomic E-state index is 0.179. The van der Waals surface area contributed by atoms with E-state index in [4.69, 9.17) is 11.6 Å². The Kier molecular flexibility index (Phi) is 5.44. The van der Waals surface area contributed by atoms with E-state index in [1.165, 1.54) is 0 Å². The van der Waals surface area contributed by atoms with Crippen LogP contribution in [0, 0.1) is 0 Å². The second-order valence-electron chi connectivity index (χ2n) is 5.79. The molecule has 2 rings (SSSR count). The number of aliphatic hydroxyl groups is 1. The number of hydrogen-bond donors (Lipinski definition) is 1. The van der Waals surface area contributed by atoms with Crippen molar-refractivity contribution in [1.82, 2.24) is 9.80 Å². The van der Waals surface area contributed by atoms with Gasteiger partial charge < -0.3 is 14.9 Å². The maximum Gasteiger partial charge on any atom is 0.290 e. The van der Waals surface area contributed by atoms with Crippen molar-refractivity contribution in [2.45, 2.75) is 19.4 Å². The van der Waals surface area contributed by atoms with Crippen molar-refractivity contribution in [2.75, 3.05) is 27.2 Å². The fraction of sp³-hybridized carbons (Fsp3) is 0.412. The van der Waals surface area contributed by atoms with E-state index in [9.17, 15) is 14.7 Å². The molecule has 1 aliphatic rings. The first kappa shape index (κ1) is 17.5. The SMILES string of the molecule is CCC(=O)C1=C(O)C(=O)N(CCN(C)C)C1c1ccc(Cl)cc1. The van der Waals surface area contributed by atoms with Gasteiger partial charge in [0.05, 0.1) is 11.6 Å². The average molecular weight is 337 g/mol. The van der Waals surface area contributed by atoms with Crippen LogP contribution in [-0.2, 0) is 9.59 Å². The number of carbonyl (C=O) groups is 2. The summed E-state index contributed by atoms with van der Waals surface area (Å²) in [6, 6.07) is 6.44. The fourth-order valence-electron chi connectivity index (χ4n) is 2.66. The Morgan fingerprint density at radius 3 is 2.43 bits per heavy atom. The standard InChI is InChI=1S/C17H21ClN2O3/c1-4-13(21)14-15(11-5-7-12(18)8-6-11)20(10-9-19(2)3)17(23)16(14)22/h5-8,15,22H,4,9-10H2,1-3H3. The summed E-state index contributed by atoms with van der Waals surface area (Å²) in [5.74, 6) is -1.15. The van der Waals surface area contributed by atoms with Crippen LogP contribution in [0.3, 0.4) is 0 Å². The predicted molar refractivity (Wildman–Crippen MR) is 89.4 cm³/mol. The second kappa shape index (κ2) is 7.15. The van der Waals surface area contributed by atoms with Gasteiger partial charge in [-0.1, -0.05) is 30.7 Å². The van der Waals surface area contributed by atoms with Crippen LogP contribution in [0.1, 0.15) is 24.9 Å². The molecule has 23 heavy (non-hydrogen) atoms. The predicted octanol–water partition coefficient (Wildman–Crippen LogP) is 2.58. The maximum absolute atomic E-state index is 12.4. The second-order valence-corrected chi connectivity index (χ2v) is 6.23. The first-order valence-corrected chi connectivity index (χ1v) is 7.92. The molecule has 6 heteroatoms. The van der Waals surface area contributed by atoms with E-state index in [0.717, 1.165) is 5.56 Å². The zero-order valence-electron chi connectivity index (χ0n) is 13.5. The number of hydrogen-bond acceptors (Lipinski definition) is 4. The quantitative estimate of drug-likeness (QED) is 0.867. The van der Waals surface area contributed by atoms with Crippen LogP contribution in [0.2, 0.25) is 5.02 Å². The number of ketones is 1. The molecule has 0 spiro atoms. The first-order valence-electron chi connectivity index (χ1n) is 7.54. The lowest BCUT2D eigenvalue weighted by Gasteiger charge is -2.28. The summed E-state index contributed by atoms with van der Waals surface area (Å²) in [5, 5.41) is 10.8. The Bertz CT molecular complexity index is 638. The zero-order valence-corrected chi connectivity index (χ0v) is 14.3. The summed E-state index contributed by atoms with van der Waals surface area (Å²) < 4.78 is 0. The van der Waals surface area contributed by atoms with Gasteiger partial charge in [-0.2, -0.15) is 0 Å². The molecule has 0 bridgehead atoms. The van der Waals surface area contributed by atoms with Crippen LogP contribution in [0.5, 0.6) is 0 Å². The van der Waals surface area contributed by atoms with E-state index >= 15 is 0 Å². The molecule has 1 aromatic carbocycles. The number of halogens is 1. The maximum atomic E-state index is 12.4. The summed E-state index contributed by atoms with van der Waals surface area (Å²) in [5.41, 5.74) is 0.945. The number of carbonyl (C=O) groups excluding carboxylic acids is 2. The molecular formula is C17H21ClN2O3. The largest absolute Gasteiger partial charge is 0.503 e. The molecule has 5 nitrogen and oxygen atoms in total. The molecule has 1 unspecified atom stereocenters. The number of likely N-dealkylation sites (N-methyl/N-ethyl adjacent to an activating group) is 1. The third-order valence-electron chi connectivity index (χ3n) is 3.90. The smallest absolute Gasteiger partial charge is 0.290 e. The Labute approximate surface area is 141 Å². The Balaban J connectivity index is 2.45. The zero-order chi connectivity index (χ0) is 17.1. The van der Waals surface area contributed by atoms with Gasteiger partial charge in [0.2, 0.25) is 0 Å². The van der Waals surface area contributed by atoms with Crippen LogP contribution in [-0.4, -0.2) is 53.8 Å². The summed E-state index contributed by atoms with van der Waals surface area (Å²) in [7, 11) is 3.81. The number of benzene rings is 1. The Morgan fingerprint density at radius 2 is 1.91 bits per heavy atom. The molecule has 1 aliphatic heterocycles. The molecule has 0 aromatic heterocycles. The van der Waals surface area contributed by atoms with Gasteiger partial charge in [-0.25, -0.2) is 0 Å². The van der Waals surface area contributed by atoms with Gasteiger partial charge in [-0.05, 0) is 31.8 Å². The van der Waals surface area contributed by atoms with Crippen molar-refractivity contribution < 1.29 is 14.7 Å². The van der Waals surface area contributed by atoms with Crippen LogP contribution in [0.4, 0.5) is 0 Å². The molecule has 1 aromatic rings. The van der Waals surface area contributed by atoms with Crippen LogP contribution in [0.15, 0.2) is 35.6 Å². The van der Waals surface area contributed by atoms with Gasteiger partial charge in [0.25, 0.3) is 5.91 Å². The number of nitrogens with zero attached hydrogens (tertiary/aromatic N) is 2. The van der Waals surface area contributed by atoms with Gasteiger partial charge >= 0.3 is 0 Å². The fourth-order valence-corrected chi connectivity index (χ4v) is 2.78. The summed E-state index contributed by atoms with van der Waals surface area (Å²) >= 11 is 5.93. The van der Waals surface area contributed by atoms with Crippen molar-refractivity contribution in [3.63, 3.8) is 0 Å². The number of aliphatic hydroxyl groups excluding tert-OH is 1. The van der Waals surface area contributed by atoms with E-state index in [2.05, 4.69) is 0 Å². The van der Waals surface area contributed by atoms with Crippen molar-refractivity contribution in [1.29, 1.82) is 0 Å². The van der Waals surface area contributed by atoms with Gasteiger partial charge in [-0.3, -0.25) is 9.59 Å². The summed E-state index contributed by atoms with van der Waals surface area (Å²) in [6.45, 7) is 2.77. The monoisotopic (exact) mass is 336 g/mol. The molecule has 0 radical (unpaired) electrons. The van der Waals surface area contributed by atoms with E-state index in [1.807, 2.05) is 19.0 Å². The van der Waals surface area contributed by atoms with Crippen molar-refractivity contribution in [3.05, 3.63) is 46.2 Å². The van der Waals surface area contributed by atoms with Gasteiger partial charge in [0, 0.05) is 24.5 Å². The van der Waals surface area contributed by atoms with Gasteiger partial charge in [0.1, 0.15) is 0 Å².